The molecule has 1 fully saturated rings. The van der Waals surface area contributed by atoms with Crippen molar-refractivity contribution in [1.29, 1.82) is 0 Å². The van der Waals surface area contributed by atoms with E-state index in [0.29, 0.717) is 47.6 Å². The summed E-state index contributed by atoms with van der Waals surface area (Å²) in [5.74, 6) is -2.55. The number of aromatic nitrogens is 4. The van der Waals surface area contributed by atoms with Crippen molar-refractivity contribution in [2.45, 2.75) is 64.5 Å². The number of amides is 3. The average Bonchev–Trinajstić information content (AvgIpc) is 3.62. The predicted octanol–water partition coefficient (Wildman–Crippen LogP) is 5.37. The second-order valence-electron chi connectivity index (χ2n) is 13.3. The number of benzene rings is 3. The summed E-state index contributed by atoms with van der Waals surface area (Å²) < 4.78 is 20.2. The lowest BCUT2D eigenvalue weighted by Gasteiger charge is -2.29. The van der Waals surface area contributed by atoms with E-state index in [0.717, 1.165) is 12.8 Å². The van der Waals surface area contributed by atoms with Gasteiger partial charge in [0.25, 0.3) is 0 Å². The highest BCUT2D eigenvalue weighted by Gasteiger charge is 2.30. The minimum Gasteiger partial charge on any atom is -0.478 e. The van der Waals surface area contributed by atoms with E-state index < -0.39 is 41.0 Å². The molecule has 13 nitrogen and oxygen atoms in total. The Morgan fingerprint density at radius 1 is 0.960 bits per heavy atom. The molecular weight excluding hydrogens is 645 g/mol. The third-order valence-corrected chi connectivity index (χ3v) is 8.47. The van der Waals surface area contributed by atoms with Gasteiger partial charge in [0.2, 0.25) is 17.6 Å². The van der Waals surface area contributed by atoms with Crippen LogP contribution in [0.4, 0.5) is 14.9 Å². The number of hydrogen-bond donors (Lipinski definition) is 5. The molecule has 1 heterocycles. The summed E-state index contributed by atoms with van der Waals surface area (Å²) in [5, 5.41) is 31.8. The summed E-state index contributed by atoms with van der Waals surface area (Å²) in [4.78, 5) is 50.7. The topological polar surface area (TPSA) is 188 Å². The van der Waals surface area contributed by atoms with Crippen LogP contribution < -0.4 is 16.0 Å². The molecule has 0 radical (unpaired) electrons. The molecule has 50 heavy (non-hydrogen) atoms. The van der Waals surface area contributed by atoms with Crippen molar-refractivity contribution in [3.63, 3.8) is 0 Å². The smallest absolute Gasteiger partial charge is 0.407 e. The van der Waals surface area contributed by atoms with Gasteiger partial charge in [0.15, 0.2) is 0 Å². The first kappa shape index (κ1) is 35.6. The maximum Gasteiger partial charge on any atom is 0.407 e. The number of tetrazole rings is 1. The largest absolute Gasteiger partial charge is 0.478 e. The molecule has 0 unspecified atom stereocenters. The molecule has 3 aromatic carbocycles. The van der Waals surface area contributed by atoms with Gasteiger partial charge in [-0.2, -0.15) is 5.21 Å². The van der Waals surface area contributed by atoms with Crippen LogP contribution in [0.3, 0.4) is 0 Å². The van der Waals surface area contributed by atoms with Gasteiger partial charge in [0.05, 0.1) is 5.56 Å². The highest BCUT2D eigenvalue weighted by molar-refractivity contribution is 5.98. The van der Waals surface area contributed by atoms with E-state index >= 15 is 0 Å². The number of carboxylic acids is 1. The monoisotopic (exact) mass is 685 g/mol. The van der Waals surface area contributed by atoms with E-state index in [4.69, 9.17) is 4.74 Å². The van der Waals surface area contributed by atoms with Crippen molar-refractivity contribution >= 4 is 29.6 Å². The van der Waals surface area contributed by atoms with E-state index in [1.165, 1.54) is 18.2 Å². The molecule has 4 aromatic rings. The molecule has 1 aromatic heterocycles. The van der Waals surface area contributed by atoms with Gasteiger partial charge >= 0.3 is 12.1 Å². The molecule has 1 aliphatic carbocycles. The Kier molecular flexibility index (Phi) is 11.2. The summed E-state index contributed by atoms with van der Waals surface area (Å²) in [6.45, 7) is 5.87. The minimum atomic E-state index is -1.36. The second kappa shape index (κ2) is 15.7. The number of hydrogen-bond acceptors (Lipinski definition) is 8. The summed E-state index contributed by atoms with van der Waals surface area (Å²) >= 11 is 0. The van der Waals surface area contributed by atoms with E-state index in [9.17, 15) is 28.7 Å². The van der Waals surface area contributed by atoms with Crippen molar-refractivity contribution in [3.05, 3.63) is 83.7 Å². The molecule has 1 aliphatic rings. The number of aromatic amines is 1. The number of nitrogens with zero attached hydrogens (tertiary/aromatic N) is 3. The van der Waals surface area contributed by atoms with Crippen LogP contribution in [0.2, 0.25) is 0 Å². The van der Waals surface area contributed by atoms with Crippen molar-refractivity contribution in [1.82, 2.24) is 31.3 Å². The van der Waals surface area contributed by atoms with Crippen molar-refractivity contribution < 1.29 is 33.4 Å². The first-order valence-corrected chi connectivity index (χ1v) is 16.4. The lowest BCUT2D eigenvalue weighted by Crippen LogP contribution is -2.48. The highest BCUT2D eigenvalue weighted by Crippen LogP contribution is 2.29. The van der Waals surface area contributed by atoms with Crippen LogP contribution >= 0.6 is 0 Å². The summed E-state index contributed by atoms with van der Waals surface area (Å²) in [6, 6.07) is 16.9. The molecule has 0 saturated heterocycles. The zero-order valence-corrected chi connectivity index (χ0v) is 28.0. The lowest BCUT2D eigenvalue weighted by molar-refractivity contribution is -0.130. The van der Waals surface area contributed by atoms with Gasteiger partial charge in [-0.3, -0.25) is 9.59 Å². The van der Waals surface area contributed by atoms with Crippen LogP contribution in [0.25, 0.3) is 22.5 Å². The van der Waals surface area contributed by atoms with Crippen molar-refractivity contribution in [2.75, 3.05) is 11.9 Å². The normalized spacial score (nSPS) is 16.6. The Bertz CT molecular complexity index is 1800. The number of ether oxygens (including phenoxy) is 1. The number of anilines is 1. The number of nitrogens with one attached hydrogen (secondary N) is 4. The Labute approximate surface area is 288 Å². The summed E-state index contributed by atoms with van der Waals surface area (Å²) in [6.07, 6.45) is 2.35. The molecule has 5 rings (SSSR count). The zero-order valence-electron chi connectivity index (χ0n) is 28.0. The molecule has 0 bridgehead atoms. The van der Waals surface area contributed by atoms with E-state index in [1.54, 1.807) is 69.3 Å². The third kappa shape index (κ3) is 9.49. The molecule has 5 N–H and O–H groups in total. The van der Waals surface area contributed by atoms with E-state index in [2.05, 4.69) is 36.6 Å². The van der Waals surface area contributed by atoms with Crippen LogP contribution in [-0.2, 0) is 20.7 Å². The van der Waals surface area contributed by atoms with Crippen molar-refractivity contribution in [3.8, 4) is 22.5 Å². The maximum absolute atomic E-state index is 14.9. The Morgan fingerprint density at radius 2 is 1.64 bits per heavy atom. The fourth-order valence-electron chi connectivity index (χ4n) is 5.86. The molecule has 0 aliphatic heterocycles. The van der Waals surface area contributed by atoms with Crippen molar-refractivity contribution in [2.24, 2.45) is 11.8 Å². The van der Waals surface area contributed by atoms with Gasteiger partial charge in [-0.25, -0.2) is 14.0 Å². The first-order valence-electron chi connectivity index (χ1n) is 16.4. The van der Waals surface area contributed by atoms with Gasteiger partial charge in [0.1, 0.15) is 17.5 Å². The predicted molar refractivity (Wildman–Crippen MR) is 182 cm³/mol. The number of H-pyrrole nitrogens is 1. The zero-order chi connectivity index (χ0) is 35.8. The fourth-order valence-corrected chi connectivity index (χ4v) is 5.86. The SMILES string of the molecule is CC(C)(C)OC(=O)NC[C@H]1CC[C@H](C(=O)N[C@@H](Cc2ccc(-c3cccc(C(=O)O)c3F)cc2)C(=O)Nc2ccc(-c3nn[nH]n3)cc2)CC1. The second-order valence-corrected chi connectivity index (χ2v) is 13.3. The van der Waals surface area contributed by atoms with Crippen LogP contribution in [0.1, 0.15) is 62.4 Å². The Hall–Kier alpha value is -5.66. The lowest BCUT2D eigenvalue weighted by atomic mass is 9.81. The molecule has 262 valence electrons. The van der Waals surface area contributed by atoms with Gasteiger partial charge in [-0.1, -0.05) is 36.4 Å². The summed E-state index contributed by atoms with van der Waals surface area (Å²) in [7, 11) is 0. The van der Waals surface area contributed by atoms with Gasteiger partial charge < -0.3 is 25.8 Å². The van der Waals surface area contributed by atoms with Gasteiger partial charge in [0, 0.05) is 35.7 Å². The van der Waals surface area contributed by atoms with Crippen LogP contribution in [0, 0.1) is 17.7 Å². The third-order valence-electron chi connectivity index (χ3n) is 8.47. The molecular formula is C36H40FN7O6. The number of halogens is 1. The molecule has 1 saturated carbocycles. The van der Waals surface area contributed by atoms with E-state index in [1.807, 2.05) is 0 Å². The van der Waals surface area contributed by atoms with Gasteiger partial charge in [-0.15, -0.1) is 10.2 Å². The Morgan fingerprint density at radius 3 is 2.26 bits per heavy atom. The minimum absolute atomic E-state index is 0.139. The number of rotatable bonds is 11. The number of alkyl carbamates (subject to hydrolysis) is 1. The number of carbonyl (C=O) groups excluding carboxylic acids is 3. The summed E-state index contributed by atoms with van der Waals surface area (Å²) in [5.41, 5.74) is 1.50. The fraction of sp³-hybridized carbons (Fsp3) is 0.361. The number of carbonyl (C=O) groups is 4. The molecule has 3 amide bonds. The van der Waals surface area contributed by atoms with Crippen LogP contribution in [0.5, 0.6) is 0 Å². The molecule has 1 atom stereocenters. The quantitative estimate of drug-likeness (QED) is 0.138. The highest BCUT2D eigenvalue weighted by atomic mass is 19.1. The van der Waals surface area contributed by atoms with E-state index in [-0.39, 0.29) is 29.7 Å². The van der Waals surface area contributed by atoms with Crippen LogP contribution in [0.15, 0.2) is 66.7 Å². The maximum atomic E-state index is 14.9. The number of carboxylic acid groups (broad SMARTS) is 1. The first-order chi connectivity index (χ1) is 23.9. The van der Waals surface area contributed by atoms with Gasteiger partial charge in [-0.05, 0) is 99.0 Å². The molecule has 0 spiro atoms. The standard InChI is InChI=1S/C36H40FN7O6/c1-36(2,3)50-35(49)38-20-22-9-13-25(14-10-22)32(45)40-29(33(46)39-26-17-15-24(16-18-26)31-41-43-44-42-31)19-21-7-11-23(12-8-21)27-5-4-6-28(30(27)37)34(47)48/h4-8,11-12,15-18,22,25,29H,9-10,13-14,19-20H2,1-3H3,(H,38,49)(H,39,46)(H,40,45)(H,47,48)(H,41,42,43,44)/t22-,25-,29-/m0/s1. The number of aromatic carboxylic acids is 1. The molecule has 14 heteroatoms. The average molecular weight is 686 g/mol. The van der Waals surface area contributed by atoms with Crippen LogP contribution in [-0.4, -0.2) is 67.8 Å². The Balaban J connectivity index is 1.26.